The summed E-state index contributed by atoms with van der Waals surface area (Å²) in [5, 5.41) is 0. The van der Waals surface area contributed by atoms with Crippen LogP contribution in [0.25, 0.3) is 0 Å². The Labute approximate surface area is 155 Å². The molecule has 1 unspecified atom stereocenters. The first-order valence-electron chi connectivity index (χ1n) is 5.27. The second-order valence-electron chi connectivity index (χ2n) is 3.40. The molecule has 0 saturated heterocycles. The van der Waals surface area contributed by atoms with Crippen LogP contribution in [0.4, 0.5) is 0 Å². The van der Waals surface area contributed by atoms with Gasteiger partial charge < -0.3 is 18.8 Å². The fourth-order valence-corrected chi connectivity index (χ4v) is 1.23. The number of esters is 1. The minimum atomic E-state index is -4.23. The molecule has 0 N–H and O–H groups in total. The summed E-state index contributed by atoms with van der Waals surface area (Å²) in [6.45, 7) is 5.33. The minimum Gasteiger partial charge on any atom is -0.748 e. The molecule has 0 bridgehead atoms. The van der Waals surface area contributed by atoms with Crippen molar-refractivity contribution in [2.45, 2.75) is 13.0 Å². The zero-order chi connectivity index (χ0) is 14.0. The summed E-state index contributed by atoms with van der Waals surface area (Å²) < 4.78 is 45.5. The van der Waals surface area contributed by atoms with Crippen molar-refractivity contribution in [3.8, 4) is 0 Å². The van der Waals surface area contributed by atoms with Gasteiger partial charge in [-0.05, 0) is 6.92 Å². The quantitative estimate of drug-likeness (QED) is 0.136. The predicted molar refractivity (Wildman–Crippen MR) is 62.0 cm³/mol. The van der Waals surface area contributed by atoms with E-state index in [1.807, 2.05) is 0 Å². The van der Waals surface area contributed by atoms with E-state index < -0.39 is 27.9 Å². The first-order chi connectivity index (χ1) is 8.35. The van der Waals surface area contributed by atoms with Crippen LogP contribution in [0.15, 0.2) is 12.7 Å². The first kappa shape index (κ1) is 22.0. The standard InChI is InChI=1S/C10H18O7S.K/c1-3-10(11)17-9(2)8-16-5-4-15-6-7-18(12,13)14;/h3,9H,1,4-8H2,2H3,(H,12,13,14);/q;+1/p-1. The molecule has 9 heteroatoms. The van der Waals surface area contributed by atoms with Gasteiger partial charge in [-0.1, -0.05) is 6.58 Å². The van der Waals surface area contributed by atoms with Crippen molar-refractivity contribution in [3.05, 3.63) is 12.7 Å². The third kappa shape index (κ3) is 16.6. The Bertz CT molecular complexity index is 355. The van der Waals surface area contributed by atoms with Crippen LogP contribution in [0, 0.1) is 0 Å². The molecule has 19 heavy (non-hydrogen) atoms. The zero-order valence-electron chi connectivity index (χ0n) is 11.2. The van der Waals surface area contributed by atoms with Gasteiger partial charge in [0.05, 0.1) is 42.3 Å². The van der Waals surface area contributed by atoms with E-state index in [4.69, 9.17) is 14.2 Å². The summed E-state index contributed by atoms with van der Waals surface area (Å²) in [7, 11) is -4.23. The molecule has 0 radical (unpaired) electrons. The van der Waals surface area contributed by atoms with Gasteiger partial charge in [-0.15, -0.1) is 0 Å². The normalized spacial score (nSPS) is 12.3. The summed E-state index contributed by atoms with van der Waals surface area (Å²) in [5.74, 6) is -1.08. The monoisotopic (exact) mass is 320 g/mol. The Hall–Kier alpha value is 0.676. The van der Waals surface area contributed by atoms with Gasteiger partial charge in [0.15, 0.2) is 0 Å². The average molecular weight is 320 g/mol. The fourth-order valence-electron chi connectivity index (χ4n) is 0.911. The average Bonchev–Trinajstić information content (AvgIpc) is 2.26. The molecule has 0 aromatic rings. The zero-order valence-corrected chi connectivity index (χ0v) is 15.1. The van der Waals surface area contributed by atoms with Gasteiger partial charge in [0, 0.05) is 6.08 Å². The van der Waals surface area contributed by atoms with Gasteiger partial charge in [0.2, 0.25) is 0 Å². The summed E-state index contributed by atoms with van der Waals surface area (Å²) >= 11 is 0. The Morgan fingerprint density at radius 3 is 2.42 bits per heavy atom. The Morgan fingerprint density at radius 1 is 1.32 bits per heavy atom. The number of carbonyl (C=O) groups excluding carboxylic acids is 1. The largest absolute Gasteiger partial charge is 1.00 e. The summed E-state index contributed by atoms with van der Waals surface area (Å²) in [6.07, 6.45) is 0.653. The third-order valence-electron chi connectivity index (χ3n) is 1.69. The van der Waals surface area contributed by atoms with Crippen LogP contribution in [0.1, 0.15) is 6.92 Å². The molecule has 0 aromatic carbocycles. The van der Waals surface area contributed by atoms with E-state index in [0.717, 1.165) is 6.08 Å². The van der Waals surface area contributed by atoms with E-state index in [-0.39, 0.29) is 77.8 Å². The Kier molecular flexibility index (Phi) is 14.4. The van der Waals surface area contributed by atoms with Crippen LogP contribution in [0.3, 0.4) is 0 Å². The SMILES string of the molecule is C=CC(=O)OC(C)COCCOCCS(=O)(=O)[O-].[K+]. The molecule has 0 rings (SSSR count). The molecule has 0 spiro atoms. The van der Waals surface area contributed by atoms with Crippen molar-refractivity contribution in [2.75, 3.05) is 32.2 Å². The van der Waals surface area contributed by atoms with Crippen LogP contribution >= 0.6 is 0 Å². The van der Waals surface area contributed by atoms with E-state index in [9.17, 15) is 17.8 Å². The van der Waals surface area contributed by atoms with E-state index in [1.165, 1.54) is 0 Å². The molecule has 7 nitrogen and oxygen atoms in total. The smallest absolute Gasteiger partial charge is 0.748 e. The van der Waals surface area contributed by atoms with Crippen molar-refractivity contribution in [1.82, 2.24) is 0 Å². The van der Waals surface area contributed by atoms with Crippen molar-refractivity contribution < 1.29 is 83.4 Å². The maximum absolute atomic E-state index is 10.8. The molecule has 1 atom stereocenters. The van der Waals surface area contributed by atoms with E-state index in [1.54, 1.807) is 6.92 Å². The number of ether oxygens (including phenoxy) is 3. The van der Waals surface area contributed by atoms with Gasteiger partial charge in [0.1, 0.15) is 6.10 Å². The van der Waals surface area contributed by atoms with Crippen molar-refractivity contribution in [3.63, 3.8) is 0 Å². The minimum absolute atomic E-state index is 0. The van der Waals surface area contributed by atoms with Gasteiger partial charge in [-0.3, -0.25) is 0 Å². The van der Waals surface area contributed by atoms with E-state index in [0.29, 0.717) is 0 Å². The van der Waals surface area contributed by atoms with Crippen molar-refractivity contribution in [1.29, 1.82) is 0 Å². The van der Waals surface area contributed by atoms with Crippen molar-refractivity contribution >= 4 is 16.1 Å². The second-order valence-corrected chi connectivity index (χ2v) is 4.92. The molecule has 0 amide bonds. The van der Waals surface area contributed by atoms with E-state index in [2.05, 4.69) is 6.58 Å². The molecule has 0 fully saturated rings. The Morgan fingerprint density at radius 2 is 1.89 bits per heavy atom. The maximum atomic E-state index is 10.8. The third-order valence-corrected chi connectivity index (χ3v) is 2.35. The van der Waals surface area contributed by atoms with Crippen LogP contribution < -0.4 is 51.4 Å². The van der Waals surface area contributed by atoms with Crippen LogP contribution in [0.2, 0.25) is 0 Å². The number of rotatable bonds is 10. The van der Waals surface area contributed by atoms with E-state index >= 15 is 0 Å². The molecule has 0 aliphatic rings. The van der Waals surface area contributed by atoms with Crippen LogP contribution in [0.5, 0.6) is 0 Å². The number of carbonyl (C=O) groups is 1. The number of hydrogen-bond acceptors (Lipinski definition) is 7. The van der Waals surface area contributed by atoms with Gasteiger partial charge in [0.25, 0.3) is 0 Å². The van der Waals surface area contributed by atoms with Gasteiger partial charge >= 0.3 is 57.4 Å². The number of hydrogen-bond donors (Lipinski definition) is 0. The molecular weight excluding hydrogens is 303 g/mol. The molecule has 0 aliphatic carbocycles. The predicted octanol–water partition coefficient (Wildman–Crippen LogP) is -3.31. The summed E-state index contributed by atoms with van der Waals surface area (Å²) in [5.41, 5.74) is 0. The fraction of sp³-hybridized carbons (Fsp3) is 0.700. The molecule has 0 aliphatic heterocycles. The van der Waals surface area contributed by atoms with Crippen LogP contribution in [-0.4, -0.2) is 57.2 Å². The first-order valence-corrected chi connectivity index (χ1v) is 6.85. The second kappa shape index (κ2) is 12.4. The van der Waals surface area contributed by atoms with Gasteiger partial charge in [-0.25, -0.2) is 13.2 Å². The molecular formula is C10H17KO7S. The molecule has 0 saturated carbocycles. The summed E-state index contributed by atoms with van der Waals surface area (Å²) in [4.78, 5) is 10.8. The maximum Gasteiger partial charge on any atom is 1.00 e. The van der Waals surface area contributed by atoms with Crippen LogP contribution in [-0.2, 0) is 29.1 Å². The molecule has 0 aromatic heterocycles. The molecule has 0 heterocycles. The summed E-state index contributed by atoms with van der Waals surface area (Å²) in [6, 6.07) is 0. The van der Waals surface area contributed by atoms with Gasteiger partial charge in [-0.2, -0.15) is 0 Å². The topological polar surface area (TPSA) is 102 Å². The molecule has 106 valence electrons. The Balaban J connectivity index is 0. The van der Waals surface area contributed by atoms with Crippen molar-refractivity contribution in [2.24, 2.45) is 0 Å².